The molecule has 3 fully saturated rings. The summed E-state index contributed by atoms with van der Waals surface area (Å²) in [5.41, 5.74) is 0.530. The largest absolute Gasteiger partial charge is 0.507 e. The molecule has 1 aromatic heterocycles. The van der Waals surface area contributed by atoms with Gasteiger partial charge in [-0.15, -0.1) is 0 Å². The van der Waals surface area contributed by atoms with Gasteiger partial charge in [-0.25, -0.2) is 13.2 Å². The Kier molecular flexibility index (Phi) is 6.29. The first-order valence-electron chi connectivity index (χ1n) is 10.6. The Balaban J connectivity index is 1.37. The third-order valence-corrected chi connectivity index (χ3v) is 8.25. The van der Waals surface area contributed by atoms with Crippen LogP contribution in [-0.4, -0.2) is 85.0 Å². The smallest absolute Gasteiger partial charge is 0.343 e. The van der Waals surface area contributed by atoms with Crippen molar-refractivity contribution in [3.63, 3.8) is 0 Å². The lowest BCUT2D eigenvalue weighted by atomic mass is 10.1. The molecule has 9 heteroatoms. The molecular formula is C20H31N3O5S. The van der Waals surface area contributed by atoms with Crippen LogP contribution >= 0.6 is 0 Å². The molecular weight excluding hydrogens is 394 g/mol. The summed E-state index contributed by atoms with van der Waals surface area (Å²) in [6.07, 6.45) is 5.68. The number of likely N-dealkylation sites (tertiary alicyclic amines) is 1. The van der Waals surface area contributed by atoms with Crippen molar-refractivity contribution in [2.24, 2.45) is 0 Å². The van der Waals surface area contributed by atoms with Gasteiger partial charge in [0.15, 0.2) is 9.84 Å². The molecule has 0 aliphatic carbocycles. The minimum Gasteiger partial charge on any atom is -0.507 e. The first-order chi connectivity index (χ1) is 13.9. The van der Waals surface area contributed by atoms with Crippen LogP contribution in [0.1, 0.15) is 36.8 Å². The predicted octanol–water partition coefficient (Wildman–Crippen LogP) is 0.636. The number of piperidine rings is 1. The molecule has 0 bridgehead atoms. The molecule has 4 heterocycles. The normalized spacial score (nSPS) is 26.7. The van der Waals surface area contributed by atoms with E-state index in [2.05, 4.69) is 14.7 Å². The zero-order chi connectivity index (χ0) is 20.4. The Bertz CT molecular complexity index is 871. The monoisotopic (exact) mass is 425 g/mol. The van der Waals surface area contributed by atoms with E-state index in [0.717, 1.165) is 52.1 Å². The summed E-state index contributed by atoms with van der Waals surface area (Å²) in [7, 11) is -2.88. The van der Waals surface area contributed by atoms with Gasteiger partial charge in [0.2, 0.25) is 0 Å². The van der Waals surface area contributed by atoms with E-state index in [1.807, 2.05) is 0 Å². The molecule has 1 aromatic rings. The third kappa shape index (κ3) is 5.02. The lowest BCUT2D eigenvalue weighted by Crippen LogP contribution is -2.50. The van der Waals surface area contributed by atoms with E-state index >= 15 is 0 Å². The topological polar surface area (TPSA) is 94.3 Å². The van der Waals surface area contributed by atoms with E-state index in [4.69, 9.17) is 4.42 Å². The molecule has 3 aliphatic rings. The quantitative estimate of drug-likeness (QED) is 0.734. The van der Waals surface area contributed by atoms with Crippen molar-refractivity contribution in [3.05, 3.63) is 27.8 Å². The fourth-order valence-corrected chi connectivity index (χ4v) is 6.49. The van der Waals surface area contributed by atoms with Crippen molar-refractivity contribution >= 4 is 9.84 Å². The van der Waals surface area contributed by atoms with Crippen LogP contribution < -0.4 is 5.63 Å². The SMILES string of the molecule is O=c1occ(CN2CCCCC2)c(O)c1CN1CCN(C2CCS(=O)(=O)C2)CC1. The number of aromatic hydroxyl groups is 1. The molecule has 0 saturated carbocycles. The molecule has 1 unspecified atom stereocenters. The zero-order valence-corrected chi connectivity index (χ0v) is 17.7. The fourth-order valence-electron chi connectivity index (χ4n) is 4.73. The van der Waals surface area contributed by atoms with E-state index in [1.54, 1.807) is 0 Å². The van der Waals surface area contributed by atoms with Crippen molar-refractivity contribution in [3.8, 4) is 5.75 Å². The number of hydrogen-bond donors (Lipinski definition) is 1. The lowest BCUT2D eigenvalue weighted by molar-refractivity contribution is 0.0985. The molecule has 0 amide bonds. The van der Waals surface area contributed by atoms with Gasteiger partial charge in [-0.05, 0) is 32.4 Å². The average Bonchev–Trinajstić information content (AvgIpc) is 3.08. The van der Waals surface area contributed by atoms with Crippen LogP contribution in [-0.2, 0) is 22.9 Å². The van der Waals surface area contributed by atoms with E-state index in [0.29, 0.717) is 30.6 Å². The lowest BCUT2D eigenvalue weighted by Gasteiger charge is -2.37. The first-order valence-corrected chi connectivity index (χ1v) is 12.4. The maximum atomic E-state index is 12.3. The first kappa shape index (κ1) is 20.8. The second-order valence-corrected chi connectivity index (χ2v) is 10.8. The highest BCUT2D eigenvalue weighted by Gasteiger charge is 2.34. The summed E-state index contributed by atoms with van der Waals surface area (Å²) in [6.45, 7) is 6.02. The minimum atomic E-state index is -2.88. The van der Waals surface area contributed by atoms with Crippen molar-refractivity contribution in [2.45, 2.75) is 44.8 Å². The van der Waals surface area contributed by atoms with Crippen LogP contribution in [0.5, 0.6) is 5.75 Å². The molecule has 0 aromatic carbocycles. The van der Waals surface area contributed by atoms with Crippen LogP contribution in [0.25, 0.3) is 0 Å². The Hall–Kier alpha value is -1.42. The van der Waals surface area contributed by atoms with Crippen LogP contribution in [0, 0.1) is 0 Å². The van der Waals surface area contributed by atoms with Crippen molar-refractivity contribution < 1.29 is 17.9 Å². The molecule has 162 valence electrons. The highest BCUT2D eigenvalue weighted by atomic mass is 32.2. The van der Waals surface area contributed by atoms with Crippen LogP contribution in [0.4, 0.5) is 0 Å². The van der Waals surface area contributed by atoms with Crippen LogP contribution in [0.3, 0.4) is 0 Å². The van der Waals surface area contributed by atoms with E-state index in [9.17, 15) is 18.3 Å². The summed E-state index contributed by atoms with van der Waals surface area (Å²) in [4.78, 5) is 18.9. The highest BCUT2D eigenvalue weighted by Crippen LogP contribution is 2.25. The van der Waals surface area contributed by atoms with Crippen molar-refractivity contribution in [2.75, 3.05) is 50.8 Å². The highest BCUT2D eigenvalue weighted by molar-refractivity contribution is 7.91. The van der Waals surface area contributed by atoms with Crippen molar-refractivity contribution in [1.82, 2.24) is 14.7 Å². The summed E-state index contributed by atoms with van der Waals surface area (Å²) in [5, 5.41) is 10.7. The van der Waals surface area contributed by atoms with E-state index < -0.39 is 15.5 Å². The van der Waals surface area contributed by atoms with Crippen LogP contribution in [0.15, 0.2) is 15.5 Å². The number of sulfone groups is 1. The van der Waals surface area contributed by atoms with Crippen molar-refractivity contribution in [1.29, 1.82) is 0 Å². The molecule has 4 rings (SSSR count). The summed E-state index contributed by atoms with van der Waals surface area (Å²) < 4.78 is 28.7. The number of piperazine rings is 1. The molecule has 1 N–H and O–H groups in total. The molecule has 0 radical (unpaired) electrons. The summed E-state index contributed by atoms with van der Waals surface area (Å²) >= 11 is 0. The predicted molar refractivity (Wildman–Crippen MR) is 110 cm³/mol. The van der Waals surface area contributed by atoms with Gasteiger partial charge >= 0.3 is 5.63 Å². The van der Waals surface area contributed by atoms with E-state index in [1.165, 1.54) is 12.7 Å². The van der Waals surface area contributed by atoms with Gasteiger partial charge in [0, 0.05) is 50.9 Å². The Morgan fingerprint density at radius 1 is 1.00 bits per heavy atom. The van der Waals surface area contributed by atoms with Gasteiger partial charge in [-0.1, -0.05) is 6.42 Å². The number of rotatable bonds is 5. The number of hydrogen-bond acceptors (Lipinski definition) is 8. The maximum absolute atomic E-state index is 12.3. The minimum absolute atomic E-state index is 0.0659. The van der Waals surface area contributed by atoms with Gasteiger partial charge in [0.1, 0.15) is 12.0 Å². The second kappa shape index (κ2) is 8.75. The zero-order valence-electron chi connectivity index (χ0n) is 16.9. The third-order valence-electron chi connectivity index (χ3n) is 6.50. The maximum Gasteiger partial charge on any atom is 0.343 e. The van der Waals surface area contributed by atoms with Gasteiger partial charge in [0.05, 0.1) is 17.1 Å². The van der Waals surface area contributed by atoms with Crippen LogP contribution in [0.2, 0.25) is 0 Å². The van der Waals surface area contributed by atoms with Gasteiger partial charge in [-0.2, -0.15) is 0 Å². The summed E-state index contributed by atoms with van der Waals surface area (Å²) in [5.74, 6) is 0.614. The Morgan fingerprint density at radius 3 is 2.34 bits per heavy atom. The van der Waals surface area contributed by atoms with E-state index in [-0.39, 0.29) is 23.3 Å². The van der Waals surface area contributed by atoms with Gasteiger partial charge in [0.25, 0.3) is 0 Å². The molecule has 1 atom stereocenters. The molecule has 8 nitrogen and oxygen atoms in total. The second-order valence-electron chi connectivity index (χ2n) is 8.58. The summed E-state index contributed by atoms with van der Waals surface area (Å²) in [6, 6.07) is 0.119. The number of nitrogens with zero attached hydrogens (tertiary/aromatic N) is 3. The van der Waals surface area contributed by atoms with Gasteiger partial charge < -0.3 is 9.52 Å². The Labute approximate surface area is 172 Å². The molecule has 29 heavy (non-hydrogen) atoms. The molecule has 3 saturated heterocycles. The molecule has 3 aliphatic heterocycles. The molecule has 0 spiro atoms. The Morgan fingerprint density at radius 2 is 1.69 bits per heavy atom. The standard InChI is InChI=1S/C20H31N3O5S/c24-19-16(12-21-5-2-1-3-6-21)14-28-20(25)18(19)13-22-7-9-23(10-8-22)17-4-11-29(26,27)15-17/h14,17,24H,1-13,15H2. The fraction of sp³-hybridized carbons (Fsp3) is 0.750. The van der Waals surface area contributed by atoms with Gasteiger partial charge in [-0.3, -0.25) is 14.7 Å². The average molecular weight is 426 g/mol.